The first-order valence-corrected chi connectivity index (χ1v) is 9.78. The number of piperazine rings is 1. The standard InChI is InChI=1S/C21H26N2OS/c1-17-7-6-8-19(15-17)16-22-11-13-23(14-12-22)21(24)18(2)25-20-9-4-3-5-10-20/h3-10,15,18H,11-14,16H2,1-2H3. The van der Waals surface area contributed by atoms with Crippen LogP contribution in [0.4, 0.5) is 0 Å². The predicted molar refractivity (Wildman–Crippen MR) is 105 cm³/mol. The van der Waals surface area contributed by atoms with E-state index in [-0.39, 0.29) is 11.2 Å². The molecule has 2 aromatic carbocycles. The molecule has 4 heteroatoms. The Kier molecular flexibility index (Phi) is 6.16. The van der Waals surface area contributed by atoms with Crippen LogP contribution >= 0.6 is 11.8 Å². The Hall–Kier alpha value is -1.78. The second-order valence-corrected chi connectivity index (χ2v) is 8.08. The van der Waals surface area contributed by atoms with Crippen molar-refractivity contribution in [3.63, 3.8) is 0 Å². The van der Waals surface area contributed by atoms with Gasteiger partial charge in [0.1, 0.15) is 0 Å². The monoisotopic (exact) mass is 354 g/mol. The summed E-state index contributed by atoms with van der Waals surface area (Å²) in [4.78, 5) is 18.3. The summed E-state index contributed by atoms with van der Waals surface area (Å²) in [5.74, 6) is 0.254. The van der Waals surface area contributed by atoms with Gasteiger partial charge < -0.3 is 4.90 Å². The van der Waals surface area contributed by atoms with Crippen LogP contribution in [-0.4, -0.2) is 47.1 Å². The highest BCUT2D eigenvalue weighted by Gasteiger charge is 2.25. The number of nitrogens with zero attached hydrogens (tertiary/aromatic N) is 2. The third-order valence-corrected chi connectivity index (χ3v) is 5.68. The van der Waals surface area contributed by atoms with E-state index >= 15 is 0 Å². The maximum absolute atomic E-state index is 12.7. The van der Waals surface area contributed by atoms with E-state index in [0.717, 1.165) is 37.6 Å². The van der Waals surface area contributed by atoms with Crippen molar-refractivity contribution < 1.29 is 4.79 Å². The van der Waals surface area contributed by atoms with E-state index in [2.05, 4.69) is 48.2 Å². The Morgan fingerprint density at radius 1 is 1.04 bits per heavy atom. The molecule has 3 rings (SSSR count). The molecule has 1 fully saturated rings. The molecule has 1 heterocycles. The van der Waals surface area contributed by atoms with E-state index < -0.39 is 0 Å². The minimum atomic E-state index is -0.0364. The molecule has 132 valence electrons. The number of thioether (sulfide) groups is 1. The molecule has 3 nitrogen and oxygen atoms in total. The van der Waals surface area contributed by atoms with Gasteiger partial charge in [0, 0.05) is 37.6 Å². The lowest BCUT2D eigenvalue weighted by Gasteiger charge is -2.36. The van der Waals surface area contributed by atoms with Crippen molar-refractivity contribution in [3.05, 3.63) is 65.7 Å². The SMILES string of the molecule is Cc1cccc(CN2CCN(C(=O)C(C)Sc3ccccc3)CC2)c1. The fourth-order valence-electron chi connectivity index (χ4n) is 3.21. The Labute approximate surface area is 155 Å². The lowest BCUT2D eigenvalue weighted by molar-refractivity contribution is -0.132. The highest BCUT2D eigenvalue weighted by Crippen LogP contribution is 2.24. The van der Waals surface area contributed by atoms with Crippen LogP contribution in [-0.2, 0) is 11.3 Å². The largest absolute Gasteiger partial charge is 0.339 e. The van der Waals surface area contributed by atoms with Gasteiger partial charge in [-0.25, -0.2) is 0 Å². The number of aryl methyl sites for hydroxylation is 1. The van der Waals surface area contributed by atoms with Gasteiger partial charge in [0.25, 0.3) is 0 Å². The van der Waals surface area contributed by atoms with Gasteiger partial charge in [0.2, 0.25) is 5.91 Å². The molecular formula is C21H26N2OS. The van der Waals surface area contributed by atoms with Crippen molar-refractivity contribution in [2.45, 2.75) is 30.5 Å². The van der Waals surface area contributed by atoms with Crippen molar-refractivity contribution in [2.24, 2.45) is 0 Å². The normalized spacial score (nSPS) is 16.6. The van der Waals surface area contributed by atoms with Crippen molar-refractivity contribution in [2.75, 3.05) is 26.2 Å². The summed E-state index contributed by atoms with van der Waals surface area (Å²) in [5.41, 5.74) is 2.66. The molecule has 1 aliphatic rings. The summed E-state index contributed by atoms with van der Waals surface area (Å²) in [7, 11) is 0. The second-order valence-electron chi connectivity index (χ2n) is 6.66. The summed E-state index contributed by atoms with van der Waals surface area (Å²) in [6.07, 6.45) is 0. The summed E-state index contributed by atoms with van der Waals surface area (Å²) in [6, 6.07) is 18.8. The predicted octanol–water partition coefficient (Wildman–Crippen LogP) is 3.82. The van der Waals surface area contributed by atoms with Crippen LogP contribution in [0.5, 0.6) is 0 Å². The van der Waals surface area contributed by atoms with Crippen LogP contribution in [0.1, 0.15) is 18.1 Å². The Morgan fingerprint density at radius 3 is 2.44 bits per heavy atom. The van der Waals surface area contributed by atoms with E-state index in [0.29, 0.717) is 0 Å². The molecule has 1 aliphatic heterocycles. The maximum atomic E-state index is 12.7. The second kappa shape index (κ2) is 8.54. The number of carbonyl (C=O) groups excluding carboxylic acids is 1. The fourth-order valence-corrected chi connectivity index (χ4v) is 4.18. The fraction of sp³-hybridized carbons (Fsp3) is 0.381. The summed E-state index contributed by atoms with van der Waals surface area (Å²) >= 11 is 1.65. The van der Waals surface area contributed by atoms with Gasteiger partial charge >= 0.3 is 0 Å². The van der Waals surface area contributed by atoms with Gasteiger partial charge in [-0.05, 0) is 31.5 Å². The molecule has 0 aromatic heterocycles. The number of rotatable bonds is 5. The van der Waals surface area contributed by atoms with Crippen LogP contribution in [0.25, 0.3) is 0 Å². The summed E-state index contributed by atoms with van der Waals surface area (Å²) in [5, 5.41) is -0.0364. The van der Waals surface area contributed by atoms with Crippen molar-refractivity contribution >= 4 is 17.7 Å². The van der Waals surface area contributed by atoms with E-state index in [1.807, 2.05) is 30.0 Å². The number of hydrogen-bond acceptors (Lipinski definition) is 3. The van der Waals surface area contributed by atoms with E-state index in [9.17, 15) is 4.79 Å². The van der Waals surface area contributed by atoms with E-state index in [1.165, 1.54) is 11.1 Å². The van der Waals surface area contributed by atoms with E-state index in [1.54, 1.807) is 11.8 Å². The van der Waals surface area contributed by atoms with Crippen molar-refractivity contribution in [3.8, 4) is 0 Å². The van der Waals surface area contributed by atoms with Crippen LogP contribution in [0.2, 0.25) is 0 Å². The minimum absolute atomic E-state index is 0.0364. The highest BCUT2D eigenvalue weighted by molar-refractivity contribution is 8.00. The first-order chi connectivity index (χ1) is 12.1. The molecule has 0 aliphatic carbocycles. The van der Waals surface area contributed by atoms with Crippen LogP contribution in [0.15, 0.2) is 59.5 Å². The van der Waals surface area contributed by atoms with Gasteiger partial charge in [-0.15, -0.1) is 11.8 Å². The number of benzene rings is 2. The first-order valence-electron chi connectivity index (χ1n) is 8.90. The molecule has 1 atom stereocenters. The molecule has 1 unspecified atom stereocenters. The molecule has 25 heavy (non-hydrogen) atoms. The van der Waals surface area contributed by atoms with Gasteiger partial charge in [-0.2, -0.15) is 0 Å². The smallest absolute Gasteiger partial charge is 0.235 e. The lowest BCUT2D eigenvalue weighted by atomic mass is 10.1. The average molecular weight is 355 g/mol. The van der Waals surface area contributed by atoms with Gasteiger partial charge in [0.05, 0.1) is 5.25 Å². The Morgan fingerprint density at radius 2 is 1.76 bits per heavy atom. The van der Waals surface area contributed by atoms with E-state index in [4.69, 9.17) is 0 Å². The first kappa shape index (κ1) is 18.0. The van der Waals surface area contributed by atoms with Gasteiger partial charge in [0.15, 0.2) is 0 Å². The molecular weight excluding hydrogens is 328 g/mol. The Bertz CT molecular complexity index is 696. The number of hydrogen-bond donors (Lipinski definition) is 0. The molecule has 2 aromatic rings. The third-order valence-electron chi connectivity index (χ3n) is 4.58. The number of amides is 1. The quantitative estimate of drug-likeness (QED) is 0.763. The third kappa shape index (κ3) is 5.10. The minimum Gasteiger partial charge on any atom is -0.339 e. The molecule has 1 amide bonds. The molecule has 0 N–H and O–H groups in total. The van der Waals surface area contributed by atoms with Crippen LogP contribution < -0.4 is 0 Å². The molecule has 0 spiro atoms. The van der Waals surface area contributed by atoms with Gasteiger partial charge in [-0.1, -0.05) is 48.0 Å². The zero-order chi connectivity index (χ0) is 17.6. The van der Waals surface area contributed by atoms with Crippen LogP contribution in [0.3, 0.4) is 0 Å². The molecule has 0 radical (unpaired) electrons. The zero-order valence-electron chi connectivity index (χ0n) is 15.0. The molecule has 1 saturated heterocycles. The van der Waals surface area contributed by atoms with Crippen molar-refractivity contribution in [1.82, 2.24) is 9.80 Å². The highest BCUT2D eigenvalue weighted by atomic mass is 32.2. The summed E-state index contributed by atoms with van der Waals surface area (Å²) < 4.78 is 0. The van der Waals surface area contributed by atoms with Crippen LogP contribution in [0, 0.1) is 6.92 Å². The Balaban J connectivity index is 1.49. The maximum Gasteiger partial charge on any atom is 0.235 e. The zero-order valence-corrected chi connectivity index (χ0v) is 15.8. The molecule has 0 bridgehead atoms. The van der Waals surface area contributed by atoms with Gasteiger partial charge in [-0.3, -0.25) is 9.69 Å². The van der Waals surface area contributed by atoms with Crippen molar-refractivity contribution in [1.29, 1.82) is 0 Å². The lowest BCUT2D eigenvalue weighted by Crippen LogP contribution is -2.50. The average Bonchev–Trinajstić information content (AvgIpc) is 2.62. The summed E-state index contributed by atoms with van der Waals surface area (Å²) in [6.45, 7) is 8.66. The molecule has 0 saturated carbocycles. The number of carbonyl (C=O) groups is 1. The topological polar surface area (TPSA) is 23.6 Å².